The summed E-state index contributed by atoms with van der Waals surface area (Å²) in [6.45, 7) is 0.227. The van der Waals surface area contributed by atoms with E-state index in [0.717, 1.165) is 11.1 Å². The molecule has 0 radical (unpaired) electrons. The predicted octanol–water partition coefficient (Wildman–Crippen LogP) is 6.18. The maximum absolute atomic E-state index is 12.7. The topological polar surface area (TPSA) is 98.1 Å². The van der Waals surface area contributed by atoms with Gasteiger partial charge >= 0.3 is 0 Å². The first-order chi connectivity index (χ1) is 19.2. The molecular formula is C28H25Cl4N5O3. The summed E-state index contributed by atoms with van der Waals surface area (Å²) < 4.78 is 7.64. The molecule has 0 aliphatic rings. The van der Waals surface area contributed by atoms with Crippen molar-refractivity contribution in [3.8, 4) is 22.8 Å². The van der Waals surface area contributed by atoms with E-state index >= 15 is 0 Å². The second kappa shape index (κ2) is 13.9. The van der Waals surface area contributed by atoms with Crippen LogP contribution in [0.4, 0.5) is 0 Å². The van der Waals surface area contributed by atoms with E-state index in [9.17, 15) is 9.59 Å². The van der Waals surface area contributed by atoms with Gasteiger partial charge in [0.1, 0.15) is 6.04 Å². The molecule has 0 bridgehead atoms. The third kappa shape index (κ3) is 7.67. The minimum atomic E-state index is -0.770. The van der Waals surface area contributed by atoms with Gasteiger partial charge in [0.2, 0.25) is 17.7 Å². The summed E-state index contributed by atoms with van der Waals surface area (Å²) in [4.78, 5) is 29.3. The number of ether oxygens (including phenoxy) is 1. The minimum absolute atomic E-state index is 0.144. The van der Waals surface area contributed by atoms with Crippen molar-refractivity contribution in [3.05, 3.63) is 92.6 Å². The van der Waals surface area contributed by atoms with Gasteiger partial charge in [-0.15, -0.1) is 0 Å². The summed E-state index contributed by atoms with van der Waals surface area (Å²) in [5.74, 6) is -0.143. The number of halogens is 4. The smallest absolute Gasteiger partial charge is 0.242 e. The number of carbonyl (C=O) groups is 2. The molecule has 2 N–H and O–H groups in total. The van der Waals surface area contributed by atoms with Crippen LogP contribution in [0.3, 0.4) is 0 Å². The summed E-state index contributed by atoms with van der Waals surface area (Å²) in [5, 5.41) is 11.6. The summed E-state index contributed by atoms with van der Waals surface area (Å²) in [6.07, 6.45) is 4.19. The quantitative estimate of drug-likeness (QED) is 0.195. The Labute approximate surface area is 251 Å². The number of rotatable bonds is 11. The maximum atomic E-state index is 12.7. The number of hydrogen-bond donors (Lipinski definition) is 2. The molecule has 2 heterocycles. The highest BCUT2D eigenvalue weighted by Gasteiger charge is 2.21. The Kier molecular flexibility index (Phi) is 10.3. The average Bonchev–Trinajstić information content (AvgIpc) is 3.38. The van der Waals surface area contributed by atoms with Crippen LogP contribution in [-0.4, -0.2) is 46.3 Å². The summed E-state index contributed by atoms with van der Waals surface area (Å²) in [5.41, 5.74) is 2.90. The monoisotopic (exact) mass is 619 g/mol. The maximum Gasteiger partial charge on any atom is 0.242 e. The normalized spacial score (nSPS) is 11.6. The van der Waals surface area contributed by atoms with Crippen LogP contribution in [0.15, 0.2) is 67.0 Å². The lowest BCUT2D eigenvalue weighted by molar-refractivity contribution is -0.128. The van der Waals surface area contributed by atoms with Crippen molar-refractivity contribution in [1.82, 2.24) is 25.4 Å². The van der Waals surface area contributed by atoms with E-state index in [0.29, 0.717) is 43.8 Å². The Morgan fingerprint density at radius 2 is 1.73 bits per heavy atom. The first kappa shape index (κ1) is 29.7. The molecule has 0 aliphatic heterocycles. The van der Waals surface area contributed by atoms with Crippen molar-refractivity contribution in [2.24, 2.45) is 0 Å². The molecule has 40 heavy (non-hydrogen) atoms. The molecule has 4 rings (SSSR count). The number of carbonyl (C=O) groups excluding carboxylic acids is 2. The lowest BCUT2D eigenvalue weighted by Crippen LogP contribution is -2.47. The van der Waals surface area contributed by atoms with Gasteiger partial charge in [0.25, 0.3) is 0 Å². The summed E-state index contributed by atoms with van der Waals surface area (Å²) >= 11 is 24.4. The highest BCUT2D eigenvalue weighted by Crippen LogP contribution is 2.30. The van der Waals surface area contributed by atoms with E-state index in [-0.39, 0.29) is 31.3 Å². The Balaban J connectivity index is 1.40. The van der Waals surface area contributed by atoms with E-state index in [2.05, 4.69) is 20.7 Å². The average molecular weight is 621 g/mol. The fourth-order valence-corrected chi connectivity index (χ4v) is 4.50. The van der Waals surface area contributed by atoms with Gasteiger partial charge in [0.15, 0.2) is 0 Å². The molecular weight excluding hydrogens is 596 g/mol. The molecule has 0 spiro atoms. The van der Waals surface area contributed by atoms with Crippen LogP contribution >= 0.6 is 46.4 Å². The predicted molar refractivity (Wildman–Crippen MR) is 158 cm³/mol. The van der Waals surface area contributed by atoms with E-state index in [4.69, 9.17) is 51.1 Å². The van der Waals surface area contributed by atoms with Gasteiger partial charge in [-0.3, -0.25) is 14.6 Å². The Hall–Kier alpha value is -3.30. The molecule has 8 nitrogen and oxygen atoms in total. The molecule has 4 aromatic rings. The number of hydrogen-bond acceptors (Lipinski definition) is 5. The lowest BCUT2D eigenvalue weighted by Gasteiger charge is -2.18. The van der Waals surface area contributed by atoms with Crippen molar-refractivity contribution < 1.29 is 14.3 Å². The number of likely N-dealkylation sites (N-methyl/N-ethyl adjacent to an activating group) is 1. The third-order valence-corrected chi connectivity index (χ3v) is 7.38. The zero-order valence-corrected chi connectivity index (χ0v) is 24.4. The van der Waals surface area contributed by atoms with Crippen molar-refractivity contribution >= 4 is 58.2 Å². The number of nitrogens with one attached hydrogen (secondary N) is 2. The summed E-state index contributed by atoms with van der Waals surface area (Å²) in [7, 11) is 1.51. The van der Waals surface area contributed by atoms with Crippen molar-refractivity contribution in [2.45, 2.75) is 25.3 Å². The molecule has 12 heteroatoms. The Morgan fingerprint density at radius 3 is 2.40 bits per heavy atom. The SMILES string of the molecule is CNC(=O)[C@H](Cc1ccc(Cl)c(Cl)c1)NC(=O)CCCOc1cc(-c2cccnc2)nn1-c1ccc(Cl)c(Cl)c1. The minimum Gasteiger partial charge on any atom is -0.478 e. The molecule has 0 aliphatic carbocycles. The molecule has 1 atom stereocenters. The van der Waals surface area contributed by atoms with Crippen LogP contribution in [0, 0.1) is 0 Å². The van der Waals surface area contributed by atoms with Crippen LogP contribution in [0.1, 0.15) is 18.4 Å². The van der Waals surface area contributed by atoms with Gasteiger partial charge in [-0.2, -0.15) is 5.10 Å². The van der Waals surface area contributed by atoms with Gasteiger partial charge in [0, 0.05) is 43.9 Å². The highest BCUT2D eigenvalue weighted by molar-refractivity contribution is 6.42. The highest BCUT2D eigenvalue weighted by atomic mass is 35.5. The first-order valence-electron chi connectivity index (χ1n) is 12.3. The van der Waals surface area contributed by atoms with Gasteiger partial charge in [0.05, 0.1) is 38.1 Å². The molecule has 0 fully saturated rings. The Bertz CT molecular complexity index is 1500. The second-order valence-electron chi connectivity index (χ2n) is 8.76. The van der Waals surface area contributed by atoms with Crippen molar-refractivity contribution in [2.75, 3.05) is 13.7 Å². The van der Waals surface area contributed by atoms with E-state index in [1.54, 1.807) is 59.5 Å². The standard InChI is InChI=1S/C28H25Cl4N5O3/c1-33-28(39)25(13-17-6-8-20(29)22(31)12-17)35-26(38)5-3-11-40-27-15-24(18-4-2-10-34-16-18)36-37(27)19-7-9-21(30)23(32)14-19/h2,4,6-10,12,14-16,25H,3,5,11,13H2,1H3,(H,33,39)(H,35,38)/t25-/m0/s1. The number of amides is 2. The zero-order chi connectivity index (χ0) is 28.6. The number of benzene rings is 2. The largest absolute Gasteiger partial charge is 0.478 e. The van der Waals surface area contributed by atoms with E-state index in [1.165, 1.54) is 7.05 Å². The van der Waals surface area contributed by atoms with Crippen molar-refractivity contribution in [1.29, 1.82) is 0 Å². The van der Waals surface area contributed by atoms with Crippen LogP contribution in [0.25, 0.3) is 16.9 Å². The number of aromatic nitrogens is 3. The van der Waals surface area contributed by atoms with Crippen LogP contribution in [0.2, 0.25) is 20.1 Å². The van der Waals surface area contributed by atoms with Gasteiger partial charge in [-0.1, -0.05) is 52.5 Å². The number of pyridine rings is 1. The molecule has 208 valence electrons. The molecule has 0 unspecified atom stereocenters. The zero-order valence-electron chi connectivity index (χ0n) is 21.3. The van der Waals surface area contributed by atoms with Crippen LogP contribution < -0.4 is 15.4 Å². The first-order valence-corrected chi connectivity index (χ1v) is 13.8. The van der Waals surface area contributed by atoms with Crippen LogP contribution in [-0.2, 0) is 16.0 Å². The van der Waals surface area contributed by atoms with Gasteiger partial charge in [-0.25, -0.2) is 4.68 Å². The molecule has 2 amide bonds. The fourth-order valence-electron chi connectivity index (χ4n) is 3.89. The molecule has 0 saturated carbocycles. The Morgan fingerprint density at radius 1 is 0.975 bits per heavy atom. The lowest BCUT2D eigenvalue weighted by atomic mass is 10.0. The second-order valence-corrected chi connectivity index (χ2v) is 10.4. The van der Waals surface area contributed by atoms with Gasteiger partial charge in [-0.05, 0) is 54.4 Å². The summed E-state index contributed by atoms with van der Waals surface area (Å²) in [6, 6.07) is 15.0. The third-order valence-electron chi connectivity index (χ3n) is 5.90. The molecule has 2 aromatic heterocycles. The van der Waals surface area contributed by atoms with E-state index in [1.807, 2.05) is 12.1 Å². The number of nitrogens with zero attached hydrogens (tertiary/aromatic N) is 3. The van der Waals surface area contributed by atoms with Gasteiger partial charge < -0.3 is 15.4 Å². The fraction of sp³-hybridized carbons (Fsp3) is 0.214. The van der Waals surface area contributed by atoms with Crippen LogP contribution in [0.5, 0.6) is 5.88 Å². The molecule has 2 aromatic carbocycles. The molecule has 0 saturated heterocycles. The van der Waals surface area contributed by atoms with Crippen molar-refractivity contribution in [3.63, 3.8) is 0 Å². The van der Waals surface area contributed by atoms with E-state index < -0.39 is 6.04 Å².